The molecule has 0 radical (unpaired) electrons. The molecule has 2 rings (SSSR count). The van der Waals surface area contributed by atoms with Crippen molar-refractivity contribution in [3.05, 3.63) is 63.6 Å². The molecule has 0 saturated carbocycles. The molecule has 0 unspecified atom stereocenters. The lowest BCUT2D eigenvalue weighted by atomic mass is 10.1. The Hall–Kier alpha value is -1.71. The van der Waals surface area contributed by atoms with E-state index in [4.69, 9.17) is 27.9 Å². The Morgan fingerprint density at radius 2 is 1.95 bits per heavy atom. The van der Waals surface area contributed by atoms with Crippen LogP contribution >= 0.6 is 23.2 Å². The van der Waals surface area contributed by atoms with Gasteiger partial charge in [-0.2, -0.15) is 0 Å². The summed E-state index contributed by atoms with van der Waals surface area (Å²) in [6, 6.07) is 12.5. The summed E-state index contributed by atoms with van der Waals surface area (Å²) in [5.41, 5.74) is 1.50. The van der Waals surface area contributed by atoms with Gasteiger partial charge in [0.25, 0.3) is 5.91 Å². The highest BCUT2D eigenvalue weighted by Crippen LogP contribution is 2.28. The summed E-state index contributed by atoms with van der Waals surface area (Å²) in [5.74, 6) is 0.462. The maximum absolute atomic E-state index is 12.0. The summed E-state index contributed by atoms with van der Waals surface area (Å²) in [6.07, 6.45) is 0. The summed E-state index contributed by atoms with van der Waals surface area (Å²) in [5, 5.41) is 3.88. The molecule has 0 aliphatic rings. The quantitative estimate of drug-likeness (QED) is 0.857. The number of carbonyl (C=O) groups excluding carboxylic acids is 1. The number of hydrogen-bond donors (Lipinski definition) is 1. The normalized spacial score (nSPS) is 10.6. The van der Waals surface area contributed by atoms with Crippen LogP contribution in [0.5, 0.6) is 5.75 Å². The van der Waals surface area contributed by atoms with Gasteiger partial charge in [0.05, 0.1) is 5.02 Å². The van der Waals surface area contributed by atoms with E-state index in [1.165, 1.54) is 0 Å². The van der Waals surface area contributed by atoms with Gasteiger partial charge in [0.1, 0.15) is 12.4 Å². The first-order chi connectivity index (χ1) is 10.5. The van der Waals surface area contributed by atoms with E-state index in [2.05, 4.69) is 5.32 Å². The molecule has 0 aliphatic carbocycles. The maximum Gasteiger partial charge on any atom is 0.251 e. The summed E-state index contributed by atoms with van der Waals surface area (Å²) >= 11 is 11.9. The van der Waals surface area contributed by atoms with Crippen molar-refractivity contribution in [1.29, 1.82) is 0 Å². The monoisotopic (exact) mass is 337 g/mol. The number of rotatable bonds is 5. The number of ether oxygens (including phenoxy) is 1. The Labute approximate surface area is 140 Å². The molecule has 0 aliphatic heterocycles. The van der Waals surface area contributed by atoms with Crippen LogP contribution in [0.25, 0.3) is 0 Å². The molecule has 1 N–H and O–H groups in total. The highest BCUT2D eigenvalue weighted by Gasteiger charge is 2.08. The predicted octanol–water partition coefficient (Wildman–Crippen LogP) is 4.71. The molecule has 0 bridgehead atoms. The molecular formula is C17H17Cl2NO2. The molecule has 5 heteroatoms. The lowest BCUT2D eigenvalue weighted by molar-refractivity contribution is 0.0943. The van der Waals surface area contributed by atoms with E-state index in [1.54, 1.807) is 24.3 Å². The SMILES string of the molecule is CC(C)NC(=O)c1cccc(COc2ccc(Cl)cc2Cl)c1. The second-order valence-corrected chi connectivity index (χ2v) is 6.04. The third kappa shape index (κ3) is 4.65. The van der Waals surface area contributed by atoms with Crippen LogP contribution in [0.2, 0.25) is 10.0 Å². The van der Waals surface area contributed by atoms with Crippen molar-refractivity contribution in [3.63, 3.8) is 0 Å². The van der Waals surface area contributed by atoms with E-state index >= 15 is 0 Å². The zero-order valence-electron chi connectivity index (χ0n) is 12.4. The maximum atomic E-state index is 12.0. The second-order valence-electron chi connectivity index (χ2n) is 5.19. The molecule has 0 spiro atoms. The molecule has 22 heavy (non-hydrogen) atoms. The van der Waals surface area contributed by atoms with Gasteiger partial charge in [-0.25, -0.2) is 0 Å². The zero-order valence-corrected chi connectivity index (χ0v) is 13.9. The number of amides is 1. The fraction of sp³-hybridized carbons (Fsp3) is 0.235. The lowest BCUT2D eigenvalue weighted by Crippen LogP contribution is -2.30. The number of nitrogens with one attached hydrogen (secondary N) is 1. The van der Waals surface area contributed by atoms with Gasteiger partial charge in [-0.3, -0.25) is 4.79 Å². The van der Waals surface area contributed by atoms with Crippen LogP contribution < -0.4 is 10.1 Å². The molecule has 2 aromatic rings. The van der Waals surface area contributed by atoms with Gasteiger partial charge in [-0.1, -0.05) is 35.3 Å². The summed E-state index contributed by atoms with van der Waals surface area (Å²) in [4.78, 5) is 12.0. The number of carbonyl (C=O) groups is 1. The highest BCUT2D eigenvalue weighted by molar-refractivity contribution is 6.35. The molecule has 1 amide bonds. The van der Waals surface area contributed by atoms with Crippen LogP contribution in [0.1, 0.15) is 29.8 Å². The minimum Gasteiger partial charge on any atom is -0.487 e. The first-order valence-corrected chi connectivity index (χ1v) is 7.69. The van der Waals surface area contributed by atoms with E-state index in [0.29, 0.717) is 28.0 Å². The van der Waals surface area contributed by atoms with Gasteiger partial charge in [-0.05, 0) is 49.7 Å². The van der Waals surface area contributed by atoms with Crippen LogP contribution in [0.4, 0.5) is 0 Å². The largest absolute Gasteiger partial charge is 0.487 e. The average molecular weight is 338 g/mol. The molecule has 0 atom stereocenters. The van der Waals surface area contributed by atoms with Crippen LogP contribution in [-0.2, 0) is 6.61 Å². The topological polar surface area (TPSA) is 38.3 Å². The summed E-state index contributed by atoms with van der Waals surface area (Å²) in [6.45, 7) is 4.17. The second kappa shape index (κ2) is 7.52. The van der Waals surface area contributed by atoms with Crippen LogP contribution in [-0.4, -0.2) is 11.9 Å². The molecular weight excluding hydrogens is 321 g/mol. The fourth-order valence-corrected chi connectivity index (χ4v) is 2.36. The Bertz CT molecular complexity index is 671. The van der Waals surface area contributed by atoms with E-state index in [-0.39, 0.29) is 11.9 Å². The number of benzene rings is 2. The fourth-order valence-electron chi connectivity index (χ4n) is 1.90. The Morgan fingerprint density at radius 1 is 1.18 bits per heavy atom. The summed E-state index contributed by atoms with van der Waals surface area (Å²) in [7, 11) is 0. The number of halogens is 2. The first kappa shape index (κ1) is 16.7. The van der Waals surface area contributed by atoms with Crippen molar-refractivity contribution in [2.45, 2.75) is 26.5 Å². The van der Waals surface area contributed by atoms with Gasteiger partial charge < -0.3 is 10.1 Å². The number of hydrogen-bond acceptors (Lipinski definition) is 2. The van der Waals surface area contributed by atoms with E-state index in [0.717, 1.165) is 5.56 Å². The van der Waals surface area contributed by atoms with Crippen molar-refractivity contribution >= 4 is 29.1 Å². The van der Waals surface area contributed by atoms with Crippen molar-refractivity contribution in [1.82, 2.24) is 5.32 Å². The van der Waals surface area contributed by atoms with E-state index < -0.39 is 0 Å². The molecule has 2 aromatic carbocycles. The summed E-state index contributed by atoms with van der Waals surface area (Å²) < 4.78 is 5.67. The third-order valence-electron chi connectivity index (χ3n) is 2.90. The van der Waals surface area contributed by atoms with E-state index in [9.17, 15) is 4.79 Å². The van der Waals surface area contributed by atoms with Crippen molar-refractivity contribution in [3.8, 4) is 5.75 Å². The van der Waals surface area contributed by atoms with Gasteiger partial charge in [0, 0.05) is 16.6 Å². The molecule has 3 nitrogen and oxygen atoms in total. The Morgan fingerprint density at radius 3 is 2.64 bits per heavy atom. The zero-order chi connectivity index (χ0) is 16.1. The molecule has 0 fully saturated rings. The van der Waals surface area contributed by atoms with Gasteiger partial charge in [0.15, 0.2) is 0 Å². The van der Waals surface area contributed by atoms with E-state index in [1.807, 2.05) is 32.0 Å². The van der Waals surface area contributed by atoms with Crippen LogP contribution in [0.15, 0.2) is 42.5 Å². The molecule has 116 valence electrons. The predicted molar refractivity (Wildman–Crippen MR) is 89.8 cm³/mol. The lowest BCUT2D eigenvalue weighted by Gasteiger charge is -2.11. The molecule has 0 heterocycles. The minimum absolute atomic E-state index is 0.0959. The highest BCUT2D eigenvalue weighted by atomic mass is 35.5. The van der Waals surface area contributed by atoms with Crippen molar-refractivity contribution in [2.75, 3.05) is 0 Å². The van der Waals surface area contributed by atoms with Gasteiger partial charge in [-0.15, -0.1) is 0 Å². The average Bonchev–Trinajstić information content (AvgIpc) is 2.46. The van der Waals surface area contributed by atoms with Gasteiger partial charge >= 0.3 is 0 Å². The minimum atomic E-state index is -0.0959. The van der Waals surface area contributed by atoms with Crippen LogP contribution in [0, 0.1) is 0 Å². The van der Waals surface area contributed by atoms with Crippen molar-refractivity contribution in [2.24, 2.45) is 0 Å². The van der Waals surface area contributed by atoms with Gasteiger partial charge in [0.2, 0.25) is 0 Å². The Balaban J connectivity index is 2.05. The Kier molecular flexibility index (Phi) is 5.69. The molecule has 0 aromatic heterocycles. The first-order valence-electron chi connectivity index (χ1n) is 6.93. The van der Waals surface area contributed by atoms with Crippen molar-refractivity contribution < 1.29 is 9.53 Å². The third-order valence-corrected chi connectivity index (χ3v) is 3.43. The smallest absolute Gasteiger partial charge is 0.251 e. The molecule has 0 saturated heterocycles. The standard InChI is InChI=1S/C17H17Cl2NO2/c1-11(2)20-17(21)13-5-3-4-12(8-13)10-22-16-7-6-14(18)9-15(16)19/h3-9,11H,10H2,1-2H3,(H,20,21). The van der Waals surface area contributed by atoms with Crippen LogP contribution in [0.3, 0.4) is 0 Å².